The minimum atomic E-state index is -0.584. The van der Waals surface area contributed by atoms with Gasteiger partial charge in [0.05, 0.1) is 28.1 Å². The van der Waals surface area contributed by atoms with Crippen molar-refractivity contribution in [3.8, 4) is 0 Å². The molecule has 3 aromatic rings. The molecule has 146 valence electrons. The molecule has 0 saturated carbocycles. The van der Waals surface area contributed by atoms with E-state index in [9.17, 15) is 15.2 Å². The van der Waals surface area contributed by atoms with E-state index < -0.39 is 4.92 Å². The van der Waals surface area contributed by atoms with Crippen LogP contribution in [0, 0.1) is 15.5 Å². The molecule has 2 heterocycles. The van der Waals surface area contributed by atoms with Crippen molar-refractivity contribution < 1.29 is 10.0 Å². The van der Waals surface area contributed by atoms with Gasteiger partial charge in [-0.15, -0.1) is 24.8 Å². The van der Waals surface area contributed by atoms with Gasteiger partial charge in [-0.25, -0.2) is 4.98 Å². The average molecular weight is 443 g/mol. The van der Waals surface area contributed by atoms with E-state index in [0.29, 0.717) is 11.5 Å². The highest BCUT2D eigenvalue weighted by Gasteiger charge is 2.32. The lowest BCUT2D eigenvalue weighted by Crippen LogP contribution is -2.26. The van der Waals surface area contributed by atoms with Gasteiger partial charge in [0.25, 0.3) is 5.69 Å². The molecule has 11 heteroatoms. The number of nitrogens with zero attached hydrogens (tertiary/aromatic N) is 3. The van der Waals surface area contributed by atoms with E-state index in [-0.39, 0.29) is 59.2 Å². The standard InChI is InChI=1S/C17H12ClN5O3.2ClH/c18-10-6-5-9(7-13(10)23(25)26)22-8-14(24)15(16(22)19)17-20-11-3-1-2-4-12(11)21-17;;/h1-7,19,24H,8H2,(H,20,21);2*1H. The zero-order valence-corrected chi connectivity index (χ0v) is 16.4. The number of hydrogen-bond acceptors (Lipinski definition) is 5. The minimum absolute atomic E-state index is 0. The number of nitro groups is 1. The van der Waals surface area contributed by atoms with E-state index in [2.05, 4.69) is 9.97 Å². The van der Waals surface area contributed by atoms with Crippen molar-refractivity contribution in [3.63, 3.8) is 0 Å². The summed E-state index contributed by atoms with van der Waals surface area (Å²) in [6.45, 7) is 0.0179. The Labute approximate surface area is 176 Å². The second-order valence-corrected chi connectivity index (χ2v) is 6.16. The lowest BCUT2D eigenvalue weighted by Gasteiger charge is -2.18. The maximum Gasteiger partial charge on any atom is 0.289 e. The Morgan fingerprint density at radius 2 is 1.96 bits per heavy atom. The molecule has 3 N–H and O–H groups in total. The molecule has 1 aliphatic heterocycles. The van der Waals surface area contributed by atoms with Gasteiger partial charge in [-0.1, -0.05) is 23.7 Å². The maximum atomic E-state index is 11.1. The molecule has 0 radical (unpaired) electrons. The van der Waals surface area contributed by atoms with Crippen molar-refractivity contribution in [2.24, 2.45) is 0 Å². The number of benzene rings is 2. The largest absolute Gasteiger partial charge is 0.509 e. The molecule has 1 aromatic heterocycles. The summed E-state index contributed by atoms with van der Waals surface area (Å²) >= 11 is 5.84. The summed E-state index contributed by atoms with van der Waals surface area (Å²) in [5.41, 5.74) is 1.91. The topological polar surface area (TPSA) is 119 Å². The van der Waals surface area contributed by atoms with Gasteiger partial charge in [-0.05, 0) is 24.3 Å². The van der Waals surface area contributed by atoms with Gasteiger partial charge in [-0.2, -0.15) is 0 Å². The molecular weight excluding hydrogens is 429 g/mol. The Kier molecular flexibility index (Phi) is 6.18. The molecule has 2 aromatic carbocycles. The van der Waals surface area contributed by atoms with E-state index in [4.69, 9.17) is 17.0 Å². The smallest absolute Gasteiger partial charge is 0.289 e. The lowest BCUT2D eigenvalue weighted by molar-refractivity contribution is -0.384. The van der Waals surface area contributed by atoms with Crippen LogP contribution in [0.4, 0.5) is 11.4 Å². The van der Waals surface area contributed by atoms with Crippen LogP contribution < -0.4 is 4.90 Å². The van der Waals surface area contributed by atoms with Crippen LogP contribution in [-0.4, -0.2) is 32.4 Å². The van der Waals surface area contributed by atoms with Crippen LogP contribution in [-0.2, 0) is 0 Å². The fraction of sp³-hybridized carbons (Fsp3) is 0.0588. The first-order chi connectivity index (χ1) is 12.5. The number of halogens is 3. The number of nitro benzene ring substituents is 1. The highest BCUT2D eigenvalue weighted by atomic mass is 35.5. The van der Waals surface area contributed by atoms with Crippen molar-refractivity contribution in [1.29, 1.82) is 5.41 Å². The highest BCUT2D eigenvalue weighted by molar-refractivity contribution is 6.33. The summed E-state index contributed by atoms with van der Waals surface area (Å²) < 4.78 is 0. The molecule has 4 rings (SSSR count). The summed E-state index contributed by atoms with van der Waals surface area (Å²) in [4.78, 5) is 19.5. The molecule has 0 bridgehead atoms. The quantitative estimate of drug-likeness (QED) is 0.400. The third-order valence-corrected chi connectivity index (χ3v) is 4.49. The number of aromatic nitrogens is 2. The number of H-pyrrole nitrogens is 1. The normalized spacial score (nSPS) is 13.5. The fourth-order valence-corrected chi connectivity index (χ4v) is 3.12. The molecule has 1 aliphatic rings. The van der Waals surface area contributed by atoms with Crippen molar-refractivity contribution in [2.45, 2.75) is 0 Å². The van der Waals surface area contributed by atoms with Gasteiger partial charge in [-0.3, -0.25) is 15.5 Å². The third-order valence-electron chi connectivity index (χ3n) is 4.17. The second-order valence-electron chi connectivity index (χ2n) is 5.75. The van der Waals surface area contributed by atoms with Crippen LogP contribution in [0.5, 0.6) is 0 Å². The first kappa shape index (κ1) is 21.5. The van der Waals surface area contributed by atoms with Gasteiger partial charge in [0.15, 0.2) is 0 Å². The summed E-state index contributed by atoms with van der Waals surface area (Å²) in [6, 6.07) is 11.6. The number of anilines is 1. The van der Waals surface area contributed by atoms with Crippen LogP contribution in [0.1, 0.15) is 5.82 Å². The summed E-state index contributed by atoms with van der Waals surface area (Å²) in [5, 5.41) is 29.9. The molecule has 0 spiro atoms. The van der Waals surface area contributed by atoms with E-state index in [1.54, 1.807) is 6.07 Å². The minimum Gasteiger partial charge on any atom is -0.509 e. The molecule has 0 amide bonds. The average Bonchev–Trinajstić information content (AvgIpc) is 3.15. The predicted molar refractivity (Wildman–Crippen MR) is 113 cm³/mol. The number of imidazole rings is 1. The zero-order valence-electron chi connectivity index (χ0n) is 14.0. The zero-order chi connectivity index (χ0) is 18.4. The van der Waals surface area contributed by atoms with Crippen molar-refractivity contribution in [1.82, 2.24) is 9.97 Å². The Bertz CT molecular complexity index is 1080. The van der Waals surface area contributed by atoms with Crippen LogP contribution in [0.2, 0.25) is 5.02 Å². The number of aromatic amines is 1. The third kappa shape index (κ3) is 3.49. The number of nitrogens with one attached hydrogen (secondary N) is 2. The number of hydrogen-bond donors (Lipinski definition) is 3. The first-order valence-corrected chi connectivity index (χ1v) is 8.01. The molecule has 0 atom stereocenters. The molecule has 0 aliphatic carbocycles. The van der Waals surface area contributed by atoms with Crippen LogP contribution in [0.3, 0.4) is 0 Å². The number of para-hydroxylation sites is 2. The monoisotopic (exact) mass is 441 g/mol. The second kappa shape index (κ2) is 8.05. The number of aliphatic hydroxyl groups excluding tert-OH is 1. The van der Waals surface area contributed by atoms with Gasteiger partial charge >= 0.3 is 0 Å². The van der Waals surface area contributed by atoms with E-state index >= 15 is 0 Å². The Hall–Kier alpha value is -2.81. The Morgan fingerprint density at radius 1 is 1.25 bits per heavy atom. The molecule has 0 saturated heterocycles. The lowest BCUT2D eigenvalue weighted by atomic mass is 10.2. The summed E-state index contributed by atoms with van der Waals surface area (Å²) in [5.74, 6) is 0.337. The van der Waals surface area contributed by atoms with Crippen molar-refractivity contribution >= 4 is 70.2 Å². The first-order valence-electron chi connectivity index (χ1n) is 7.63. The number of amidine groups is 1. The van der Waals surface area contributed by atoms with E-state index in [1.807, 2.05) is 24.3 Å². The SMILES string of the molecule is Cl.Cl.N=C1C(c2nc3ccccc3[nH]2)=C(O)CN1c1ccc(Cl)c([N+](=O)[O-])c1. The van der Waals surface area contributed by atoms with E-state index in [1.165, 1.54) is 17.0 Å². The Morgan fingerprint density at radius 3 is 2.64 bits per heavy atom. The maximum absolute atomic E-state index is 11.1. The summed E-state index contributed by atoms with van der Waals surface area (Å²) in [6.07, 6.45) is 0. The van der Waals surface area contributed by atoms with Gasteiger partial charge in [0, 0.05) is 11.8 Å². The molecule has 0 fully saturated rings. The summed E-state index contributed by atoms with van der Waals surface area (Å²) in [7, 11) is 0. The van der Waals surface area contributed by atoms with Gasteiger partial charge in [0.1, 0.15) is 22.4 Å². The van der Waals surface area contributed by atoms with Gasteiger partial charge < -0.3 is 15.0 Å². The van der Waals surface area contributed by atoms with Gasteiger partial charge in [0.2, 0.25) is 0 Å². The molecule has 8 nitrogen and oxygen atoms in total. The predicted octanol–water partition coefficient (Wildman–Crippen LogP) is 4.73. The number of rotatable bonds is 3. The van der Waals surface area contributed by atoms with Crippen molar-refractivity contribution in [3.05, 3.63) is 69.2 Å². The van der Waals surface area contributed by atoms with Crippen molar-refractivity contribution in [2.75, 3.05) is 11.4 Å². The number of aliphatic hydroxyl groups is 1. The van der Waals surface area contributed by atoms with Crippen LogP contribution in [0.15, 0.2) is 48.2 Å². The molecule has 28 heavy (non-hydrogen) atoms. The van der Waals surface area contributed by atoms with Crippen LogP contribution >= 0.6 is 36.4 Å². The van der Waals surface area contributed by atoms with Crippen LogP contribution in [0.25, 0.3) is 16.6 Å². The molecule has 0 unspecified atom stereocenters. The Balaban J connectivity index is 0.00000140. The fourth-order valence-electron chi connectivity index (χ4n) is 2.93. The van der Waals surface area contributed by atoms with E-state index in [0.717, 1.165) is 11.0 Å². The molecular formula is C17H14Cl3N5O3. The number of fused-ring (bicyclic) bond motifs is 1. The highest BCUT2D eigenvalue weighted by Crippen LogP contribution is 2.34.